The van der Waals surface area contributed by atoms with Crippen LogP contribution in [0, 0.1) is 5.82 Å². The zero-order valence-electron chi connectivity index (χ0n) is 9.40. The molecule has 2 unspecified atom stereocenters. The van der Waals surface area contributed by atoms with Gasteiger partial charge in [0.25, 0.3) is 0 Å². The lowest BCUT2D eigenvalue weighted by Crippen LogP contribution is -2.58. The predicted molar refractivity (Wildman–Crippen MR) is 58.9 cm³/mol. The normalized spacial score (nSPS) is 36.8. The molecule has 0 radical (unpaired) electrons. The van der Waals surface area contributed by atoms with E-state index in [2.05, 4.69) is 10.3 Å². The van der Waals surface area contributed by atoms with Crippen LogP contribution in [-0.2, 0) is 10.3 Å². The lowest BCUT2D eigenvalue weighted by atomic mass is 9.80. The van der Waals surface area contributed by atoms with Crippen molar-refractivity contribution in [2.45, 2.75) is 30.5 Å². The molecule has 2 aliphatic rings. The molecule has 2 fully saturated rings. The molecule has 2 N–H and O–H groups in total. The van der Waals surface area contributed by atoms with Crippen molar-refractivity contribution >= 4 is 0 Å². The van der Waals surface area contributed by atoms with E-state index in [0.717, 1.165) is 0 Å². The summed E-state index contributed by atoms with van der Waals surface area (Å²) < 4.78 is 18.6. The molecule has 92 valence electrons. The fraction of sp³-hybridized carbons (Fsp3) is 0.583. The van der Waals surface area contributed by atoms with Gasteiger partial charge in [0.2, 0.25) is 0 Å². The number of ether oxygens (including phenoxy) is 1. The molecule has 0 aromatic carbocycles. The van der Waals surface area contributed by atoms with E-state index in [1.807, 2.05) is 0 Å². The quantitative estimate of drug-likeness (QED) is 0.750. The van der Waals surface area contributed by atoms with Gasteiger partial charge in [0.15, 0.2) is 0 Å². The molecule has 2 saturated heterocycles. The number of aromatic nitrogens is 1. The molecule has 0 amide bonds. The Morgan fingerprint density at radius 2 is 2.12 bits per heavy atom. The van der Waals surface area contributed by atoms with Crippen molar-refractivity contribution in [2.24, 2.45) is 0 Å². The minimum atomic E-state index is -1.04. The van der Waals surface area contributed by atoms with E-state index in [1.54, 1.807) is 0 Å². The average Bonchev–Trinajstić information content (AvgIpc) is 2.28. The Morgan fingerprint density at radius 3 is 2.76 bits per heavy atom. The molecule has 3 rings (SSSR count). The van der Waals surface area contributed by atoms with Crippen LogP contribution in [-0.4, -0.2) is 35.4 Å². The predicted octanol–water partition coefficient (Wildman–Crippen LogP) is 0.559. The fourth-order valence-corrected chi connectivity index (χ4v) is 2.78. The van der Waals surface area contributed by atoms with Gasteiger partial charge in [0.05, 0.1) is 18.9 Å². The molecule has 1 aromatic heterocycles. The number of fused-ring (bicyclic) bond motifs is 2. The van der Waals surface area contributed by atoms with Crippen LogP contribution in [0.5, 0.6) is 0 Å². The third kappa shape index (κ3) is 2.06. The van der Waals surface area contributed by atoms with Crippen molar-refractivity contribution in [2.75, 3.05) is 13.2 Å². The Balaban J connectivity index is 1.90. The number of hydrogen-bond acceptors (Lipinski definition) is 4. The van der Waals surface area contributed by atoms with Gasteiger partial charge in [-0.15, -0.1) is 0 Å². The molecule has 2 atom stereocenters. The highest BCUT2D eigenvalue weighted by atomic mass is 19.1. The van der Waals surface area contributed by atoms with Crippen molar-refractivity contribution < 1.29 is 14.2 Å². The molecule has 2 aliphatic heterocycles. The molecule has 5 heteroatoms. The Bertz CT molecular complexity index is 415. The zero-order chi connectivity index (χ0) is 11.9. The Labute approximate surface area is 98.8 Å². The highest BCUT2D eigenvalue weighted by Crippen LogP contribution is 2.35. The summed E-state index contributed by atoms with van der Waals surface area (Å²) in [6, 6.07) is 2.86. The molecule has 0 spiro atoms. The van der Waals surface area contributed by atoms with Crippen LogP contribution < -0.4 is 5.32 Å². The van der Waals surface area contributed by atoms with Gasteiger partial charge in [0, 0.05) is 18.3 Å². The summed E-state index contributed by atoms with van der Waals surface area (Å²) in [5.41, 5.74) is -0.608. The summed E-state index contributed by atoms with van der Waals surface area (Å²) >= 11 is 0. The van der Waals surface area contributed by atoms with E-state index in [-0.39, 0.29) is 17.9 Å². The second-order valence-corrected chi connectivity index (χ2v) is 4.90. The first kappa shape index (κ1) is 11.1. The van der Waals surface area contributed by atoms with Crippen LogP contribution in [0.1, 0.15) is 18.5 Å². The minimum Gasteiger partial charge on any atom is -0.383 e. The maximum atomic E-state index is 13.2. The Hall–Kier alpha value is -1.04. The number of hydrogen-bond donors (Lipinski definition) is 2. The standard InChI is InChI=1S/C12H15FN2O2/c13-8-1-2-14-11(3-8)12(16)4-9-6-17-7-10(5-12)15-9/h1-3,9-10,15-16H,4-7H2. The fourth-order valence-electron chi connectivity index (χ4n) is 2.78. The first-order chi connectivity index (χ1) is 8.16. The van der Waals surface area contributed by atoms with E-state index < -0.39 is 5.60 Å². The van der Waals surface area contributed by atoms with Gasteiger partial charge in [-0.05, 0) is 25.0 Å². The van der Waals surface area contributed by atoms with Gasteiger partial charge >= 0.3 is 0 Å². The van der Waals surface area contributed by atoms with Crippen molar-refractivity contribution in [3.8, 4) is 0 Å². The lowest BCUT2D eigenvalue weighted by molar-refractivity contribution is -0.0825. The maximum Gasteiger partial charge on any atom is 0.126 e. The molecule has 2 bridgehead atoms. The highest BCUT2D eigenvalue weighted by molar-refractivity contribution is 5.17. The second kappa shape index (κ2) is 4.01. The van der Waals surface area contributed by atoms with Crippen LogP contribution in [0.2, 0.25) is 0 Å². The van der Waals surface area contributed by atoms with Gasteiger partial charge in [-0.3, -0.25) is 4.98 Å². The lowest BCUT2D eigenvalue weighted by Gasteiger charge is -2.44. The number of pyridine rings is 1. The highest BCUT2D eigenvalue weighted by Gasteiger charge is 2.43. The van der Waals surface area contributed by atoms with E-state index >= 15 is 0 Å². The smallest absolute Gasteiger partial charge is 0.126 e. The molecule has 4 nitrogen and oxygen atoms in total. The number of aliphatic hydroxyl groups is 1. The summed E-state index contributed by atoms with van der Waals surface area (Å²) in [5.74, 6) is -0.358. The molecular weight excluding hydrogens is 223 g/mol. The van der Waals surface area contributed by atoms with E-state index in [0.29, 0.717) is 31.7 Å². The van der Waals surface area contributed by atoms with E-state index in [4.69, 9.17) is 4.74 Å². The maximum absolute atomic E-state index is 13.2. The van der Waals surface area contributed by atoms with Crippen LogP contribution in [0.4, 0.5) is 4.39 Å². The number of nitrogens with one attached hydrogen (secondary N) is 1. The van der Waals surface area contributed by atoms with E-state index in [9.17, 15) is 9.50 Å². The summed E-state index contributed by atoms with van der Waals surface area (Å²) in [6.45, 7) is 1.18. The van der Waals surface area contributed by atoms with Crippen molar-refractivity contribution in [3.05, 3.63) is 29.8 Å². The Kier molecular flexibility index (Phi) is 2.61. The van der Waals surface area contributed by atoms with Gasteiger partial charge in [0.1, 0.15) is 11.4 Å². The van der Waals surface area contributed by atoms with Crippen molar-refractivity contribution in [3.63, 3.8) is 0 Å². The minimum absolute atomic E-state index is 0.123. The van der Waals surface area contributed by atoms with Crippen LogP contribution in [0.15, 0.2) is 18.3 Å². The van der Waals surface area contributed by atoms with Crippen LogP contribution in [0.25, 0.3) is 0 Å². The van der Waals surface area contributed by atoms with Crippen molar-refractivity contribution in [1.29, 1.82) is 0 Å². The largest absolute Gasteiger partial charge is 0.383 e. The first-order valence-electron chi connectivity index (χ1n) is 5.84. The zero-order valence-corrected chi connectivity index (χ0v) is 9.40. The van der Waals surface area contributed by atoms with Crippen LogP contribution >= 0.6 is 0 Å². The molecule has 0 aliphatic carbocycles. The SMILES string of the molecule is OC1(c2cc(F)ccn2)CC2COCC(C1)N2. The number of morpholine rings is 1. The number of halogens is 1. The molecule has 0 saturated carbocycles. The average molecular weight is 238 g/mol. The molecular formula is C12H15FN2O2. The number of rotatable bonds is 1. The summed E-state index contributed by atoms with van der Waals surface area (Å²) in [7, 11) is 0. The topological polar surface area (TPSA) is 54.4 Å². The monoisotopic (exact) mass is 238 g/mol. The van der Waals surface area contributed by atoms with Gasteiger partial charge in [-0.1, -0.05) is 0 Å². The Morgan fingerprint density at radius 1 is 1.41 bits per heavy atom. The van der Waals surface area contributed by atoms with E-state index in [1.165, 1.54) is 18.3 Å². The molecule has 1 aromatic rings. The number of nitrogens with zero attached hydrogens (tertiary/aromatic N) is 1. The summed E-state index contributed by atoms with van der Waals surface area (Å²) in [4.78, 5) is 4.10. The first-order valence-corrected chi connectivity index (χ1v) is 5.84. The number of piperidine rings is 1. The van der Waals surface area contributed by atoms with Gasteiger partial charge in [-0.2, -0.15) is 0 Å². The molecule has 3 heterocycles. The second-order valence-electron chi connectivity index (χ2n) is 4.90. The third-order valence-electron chi connectivity index (χ3n) is 3.48. The van der Waals surface area contributed by atoms with Gasteiger partial charge in [-0.25, -0.2) is 4.39 Å². The van der Waals surface area contributed by atoms with Crippen LogP contribution in [0.3, 0.4) is 0 Å². The summed E-state index contributed by atoms with van der Waals surface area (Å²) in [5, 5.41) is 14.0. The third-order valence-corrected chi connectivity index (χ3v) is 3.48. The van der Waals surface area contributed by atoms with Crippen molar-refractivity contribution in [1.82, 2.24) is 10.3 Å². The molecule has 17 heavy (non-hydrogen) atoms. The van der Waals surface area contributed by atoms with Gasteiger partial charge < -0.3 is 15.2 Å². The summed E-state index contributed by atoms with van der Waals surface area (Å²) in [6.07, 6.45) is 2.43.